The lowest BCUT2D eigenvalue weighted by atomic mass is 10.2. The predicted octanol–water partition coefficient (Wildman–Crippen LogP) is 2.91. The van der Waals surface area contributed by atoms with Gasteiger partial charge in [-0.2, -0.15) is 5.10 Å². The van der Waals surface area contributed by atoms with Gasteiger partial charge in [-0.25, -0.2) is 4.98 Å². The minimum atomic E-state index is -0.623. The van der Waals surface area contributed by atoms with E-state index in [-0.39, 0.29) is 0 Å². The van der Waals surface area contributed by atoms with Crippen molar-refractivity contribution in [2.45, 2.75) is 39.8 Å². The number of aryl methyl sites for hydroxylation is 3. The molecule has 18 heavy (non-hydrogen) atoms. The van der Waals surface area contributed by atoms with E-state index < -0.39 is 6.10 Å². The lowest BCUT2D eigenvalue weighted by Crippen LogP contribution is -2.08. The fourth-order valence-electron chi connectivity index (χ4n) is 1.86. The summed E-state index contributed by atoms with van der Waals surface area (Å²) in [5.74, 6) is 0. The van der Waals surface area contributed by atoms with Crippen molar-refractivity contribution in [2.24, 2.45) is 0 Å². The maximum atomic E-state index is 10.2. The van der Waals surface area contributed by atoms with Crippen LogP contribution in [0, 0.1) is 13.8 Å². The number of halogens is 1. The SMILES string of the molecule is CCn1nc(C)c(Cl)c1CC(O)c1nc(C)cs1. The minimum Gasteiger partial charge on any atom is -0.386 e. The summed E-state index contributed by atoms with van der Waals surface area (Å²) in [7, 11) is 0. The summed E-state index contributed by atoms with van der Waals surface area (Å²) in [6.45, 7) is 6.54. The van der Waals surface area contributed by atoms with E-state index in [4.69, 9.17) is 11.6 Å². The van der Waals surface area contributed by atoms with Gasteiger partial charge in [0.05, 0.1) is 16.4 Å². The molecule has 1 atom stereocenters. The zero-order valence-corrected chi connectivity index (χ0v) is 12.2. The second-order valence-electron chi connectivity index (χ2n) is 4.21. The van der Waals surface area contributed by atoms with Gasteiger partial charge in [0.2, 0.25) is 0 Å². The molecule has 4 nitrogen and oxygen atoms in total. The van der Waals surface area contributed by atoms with Gasteiger partial charge in [0.1, 0.15) is 11.1 Å². The molecule has 0 aliphatic carbocycles. The molecule has 0 aromatic carbocycles. The van der Waals surface area contributed by atoms with Gasteiger partial charge in [-0.3, -0.25) is 4.68 Å². The molecule has 98 valence electrons. The second kappa shape index (κ2) is 5.38. The number of rotatable bonds is 4. The Kier molecular flexibility index (Phi) is 4.04. The van der Waals surface area contributed by atoms with E-state index in [1.165, 1.54) is 11.3 Å². The van der Waals surface area contributed by atoms with Crippen molar-refractivity contribution in [3.8, 4) is 0 Å². The highest BCUT2D eigenvalue weighted by molar-refractivity contribution is 7.09. The molecule has 2 aromatic rings. The topological polar surface area (TPSA) is 50.9 Å². The molecule has 0 aliphatic rings. The summed E-state index contributed by atoms with van der Waals surface area (Å²) in [4.78, 5) is 4.29. The summed E-state index contributed by atoms with van der Waals surface area (Å²) >= 11 is 7.69. The Morgan fingerprint density at radius 2 is 2.22 bits per heavy atom. The molecule has 1 unspecified atom stereocenters. The zero-order valence-electron chi connectivity index (χ0n) is 10.6. The van der Waals surface area contributed by atoms with Crippen LogP contribution in [0.1, 0.15) is 35.1 Å². The first kappa shape index (κ1) is 13.5. The van der Waals surface area contributed by atoms with E-state index in [2.05, 4.69) is 10.1 Å². The monoisotopic (exact) mass is 285 g/mol. The summed E-state index contributed by atoms with van der Waals surface area (Å²) in [5.41, 5.74) is 2.60. The Labute approximate surface area is 115 Å². The molecule has 0 saturated carbocycles. The lowest BCUT2D eigenvalue weighted by molar-refractivity contribution is 0.175. The van der Waals surface area contributed by atoms with E-state index in [1.54, 1.807) is 0 Å². The van der Waals surface area contributed by atoms with Gasteiger partial charge in [-0.05, 0) is 20.8 Å². The number of aliphatic hydroxyl groups excluding tert-OH is 1. The molecule has 2 rings (SSSR count). The summed E-state index contributed by atoms with van der Waals surface area (Å²) in [5, 5.41) is 17.8. The first-order chi connectivity index (χ1) is 8.52. The summed E-state index contributed by atoms with van der Waals surface area (Å²) in [6.07, 6.45) is -0.178. The smallest absolute Gasteiger partial charge is 0.122 e. The highest BCUT2D eigenvalue weighted by atomic mass is 35.5. The van der Waals surface area contributed by atoms with Gasteiger partial charge in [0.25, 0.3) is 0 Å². The Hall–Kier alpha value is -0.910. The number of hydrogen-bond acceptors (Lipinski definition) is 4. The van der Waals surface area contributed by atoms with Crippen molar-refractivity contribution in [2.75, 3.05) is 0 Å². The molecular weight excluding hydrogens is 270 g/mol. The average molecular weight is 286 g/mol. The van der Waals surface area contributed by atoms with Crippen molar-refractivity contribution in [1.82, 2.24) is 14.8 Å². The van der Waals surface area contributed by atoms with E-state index >= 15 is 0 Å². The predicted molar refractivity (Wildman–Crippen MR) is 73.2 cm³/mol. The molecule has 0 radical (unpaired) electrons. The lowest BCUT2D eigenvalue weighted by Gasteiger charge is -2.09. The van der Waals surface area contributed by atoms with Crippen molar-refractivity contribution in [3.05, 3.63) is 32.5 Å². The quantitative estimate of drug-likeness (QED) is 0.940. The molecule has 0 aliphatic heterocycles. The van der Waals surface area contributed by atoms with E-state index in [1.807, 2.05) is 30.8 Å². The Morgan fingerprint density at radius 1 is 1.50 bits per heavy atom. The number of thiazole rings is 1. The molecule has 0 fully saturated rings. The van der Waals surface area contributed by atoms with Gasteiger partial charge in [-0.1, -0.05) is 11.6 Å². The van der Waals surface area contributed by atoms with E-state index in [0.717, 1.165) is 28.6 Å². The number of hydrogen-bond donors (Lipinski definition) is 1. The Morgan fingerprint density at radius 3 is 2.78 bits per heavy atom. The second-order valence-corrected chi connectivity index (χ2v) is 5.48. The normalized spacial score (nSPS) is 12.9. The molecular formula is C12H16ClN3OS. The molecule has 0 amide bonds. The van der Waals surface area contributed by atoms with E-state index in [0.29, 0.717) is 11.4 Å². The highest BCUT2D eigenvalue weighted by Crippen LogP contribution is 2.27. The van der Waals surface area contributed by atoms with Crippen LogP contribution < -0.4 is 0 Å². The van der Waals surface area contributed by atoms with Gasteiger partial charge in [0.15, 0.2) is 0 Å². The first-order valence-electron chi connectivity index (χ1n) is 5.84. The molecule has 6 heteroatoms. The number of aliphatic hydroxyl groups is 1. The van der Waals surface area contributed by atoms with Crippen LogP contribution in [0.2, 0.25) is 5.02 Å². The molecule has 1 N–H and O–H groups in total. The van der Waals surface area contributed by atoms with Gasteiger partial charge in [0, 0.05) is 24.0 Å². The van der Waals surface area contributed by atoms with Crippen LogP contribution in [0.15, 0.2) is 5.38 Å². The zero-order chi connectivity index (χ0) is 13.3. The van der Waals surface area contributed by atoms with Crippen LogP contribution in [0.5, 0.6) is 0 Å². The minimum absolute atomic E-state index is 0.445. The van der Waals surface area contributed by atoms with Crippen LogP contribution in [-0.2, 0) is 13.0 Å². The molecule has 0 bridgehead atoms. The van der Waals surface area contributed by atoms with Gasteiger partial charge in [-0.15, -0.1) is 11.3 Å². The van der Waals surface area contributed by atoms with E-state index in [9.17, 15) is 5.11 Å². The number of nitrogens with zero attached hydrogens (tertiary/aromatic N) is 3. The van der Waals surface area contributed by atoms with Crippen molar-refractivity contribution >= 4 is 22.9 Å². The maximum absolute atomic E-state index is 10.2. The third kappa shape index (κ3) is 2.58. The Balaban J connectivity index is 2.23. The van der Waals surface area contributed by atoms with Crippen molar-refractivity contribution in [3.63, 3.8) is 0 Å². The largest absolute Gasteiger partial charge is 0.386 e. The van der Waals surface area contributed by atoms with Crippen molar-refractivity contribution in [1.29, 1.82) is 0 Å². The van der Waals surface area contributed by atoms with Crippen LogP contribution in [0.4, 0.5) is 0 Å². The number of aromatic nitrogens is 3. The van der Waals surface area contributed by atoms with Crippen LogP contribution >= 0.6 is 22.9 Å². The Bertz CT molecular complexity index is 550. The van der Waals surface area contributed by atoms with Crippen LogP contribution in [0.25, 0.3) is 0 Å². The van der Waals surface area contributed by atoms with Crippen molar-refractivity contribution < 1.29 is 5.11 Å². The molecule has 2 aromatic heterocycles. The van der Waals surface area contributed by atoms with Gasteiger partial charge >= 0.3 is 0 Å². The summed E-state index contributed by atoms with van der Waals surface area (Å²) < 4.78 is 1.83. The molecule has 0 spiro atoms. The standard InChI is InChI=1S/C12H16ClN3OS/c1-4-16-9(11(13)8(3)15-16)5-10(17)12-14-7(2)6-18-12/h6,10,17H,4-5H2,1-3H3. The van der Waals surface area contributed by atoms with Gasteiger partial charge < -0.3 is 5.11 Å². The molecule has 2 heterocycles. The van der Waals surface area contributed by atoms with Crippen LogP contribution in [0.3, 0.4) is 0 Å². The average Bonchev–Trinajstić information content (AvgIpc) is 2.88. The highest BCUT2D eigenvalue weighted by Gasteiger charge is 2.19. The molecule has 0 saturated heterocycles. The first-order valence-corrected chi connectivity index (χ1v) is 7.10. The third-order valence-electron chi connectivity index (χ3n) is 2.76. The maximum Gasteiger partial charge on any atom is 0.122 e. The third-order valence-corrected chi connectivity index (χ3v) is 4.32. The fourth-order valence-corrected chi connectivity index (χ4v) is 2.85. The summed E-state index contributed by atoms with van der Waals surface area (Å²) in [6, 6.07) is 0. The van der Waals surface area contributed by atoms with Crippen LogP contribution in [-0.4, -0.2) is 19.9 Å². The fraction of sp³-hybridized carbons (Fsp3) is 0.500.